The third kappa shape index (κ3) is 3.85. The lowest BCUT2D eigenvalue weighted by Gasteiger charge is -2.50. The molecule has 0 bridgehead atoms. The van der Waals surface area contributed by atoms with E-state index in [9.17, 15) is 24.0 Å². The molecule has 0 radical (unpaired) electrons. The van der Waals surface area contributed by atoms with E-state index in [1.165, 1.54) is 19.2 Å². The molecule has 1 saturated heterocycles. The van der Waals surface area contributed by atoms with Gasteiger partial charge in [-0.2, -0.15) is 0 Å². The third-order valence-electron chi connectivity index (χ3n) is 5.94. The summed E-state index contributed by atoms with van der Waals surface area (Å²) in [6.45, 7) is 0. The summed E-state index contributed by atoms with van der Waals surface area (Å²) >= 11 is 0. The first-order chi connectivity index (χ1) is 16.4. The van der Waals surface area contributed by atoms with Gasteiger partial charge in [-0.1, -0.05) is 54.6 Å². The van der Waals surface area contributed by atoms with Gasteiger partial charge in [-0.15, -0.1) is 0 Å². The number of carbonyl (C=O) groups is 5. The highest BCUT2D eigenvalue weighted by Gasteiger charge is 2.58. The van der Waals surface area contributed by atoms with E-state index >= 15 is 0 Å². The fourth-order valence-corrected chi connectivity index (χ4v) is 4.25. The molecule has 0 aliphatic carbocycles. The Morgan fingerprint density at radius 1 is 0.912 bits per heavy atom. The fourth-order valence-electron chi connectivity index (χ4n) is 4.25. The summed E-state index contributed by atoms with van der Waals surface area (Å²) in [5.74, 6) is -3.33. The Kier molecular flexibility index (Phi) is 6.27. The molecule has 0 N–H and O–H groups in total. The van der Waals surface area contributed by atoms with E-state index in [0.717, 1.165) is 22.5 Å². The molecule has 1 fully saturated rings. The molecule has 0 saturated carbocycles. The first-order valence-corrected chi connectivity index (χ1v) is 10.6. The normalized spacial score (nSPS) is 20.2. The molecular formula is C25H22N2O7. The molecule has 9 nitrogen and oxygen atoms in total. The molecule has 2 aromatic rings. The maximum absolute atomic E-state index is 13.3. The second-order valence-corrected chi connectivity index (χ2v) is 7.80. The van der Waals surface area contributed by atoms with Crippen LogP contribution in [0.3, 0.4) is 0 Å². The quantitative estimate of drug-likeness (QED) is 0.350. The number of rotatable bonds is 7. The van der Waals surface area contributed by atoms with Gasteiger partial charge in [0.2, 0.25) is 5.91 Å². The number of benzene rings is 2. The van der Waals surface area contributed by atoms with Crippen molar-refractivity contribution in [2.45, 2.75) is 24.5 Å². The SMILES string of the molecule is COC(=O)C[C@@H](C(=O)OC)N1C(=O)[C@H](N2C(=O)c3ccccc3C2=O)[C@@H]1C=Cc1ccccc1. The van der Waals surface area contributed by atoms with Crippen molar-refractivity contribution in [1.82, 2.24) is 9.80 Å². The van der Waals surface area contributed by atoms with Crippen LogP contribution in [0.15, 0.2) is 60.7 Å². The number of esters is 2. The van der Waals surface area contributed by atoms with Gasteiger partial charge in [-0.25, -0.2) is 4.79 Å². The van der Waals surface area contributed by atoms with Crippen LogP contribution in [-0.4, -0.2) is 71.8 Å². The van der Waals surface area contributed by atoms with Gasteiger partial charge in [-0.3, -0.25) is 24.1 Å². The molecule has 174 valence electrons. The predicted molar refractivity (Wildman–Crippen MR) is 119 cm³/mol. The predicted octanol–water partition coefficient (Wildman–Crippen LogP) is 1.68. The number of carbonyl (C=O) groups excluding carboxylic acids is 5. The van der Waals surface area contributed by atoms with Crippen LogP contribution in [0.4, 0.5) is 0 Å². The molecule has 9 heteroatoms. The lowest BCUT2D eigenvalue weighted by molar-refractivity contribution is -0.170. The largest absolute Gasteiger partial charge is 0.469 e. The minimum Gasteiger partial charge on any atom is -0.469 e. The van der Waals surface area contributed by atoms with Crippen molar-refractivity contribution >= 4 is 35.7 Å². The second kappa shape index (κ2) is 9.30. The third-order valence-corrected chi connectivity index (χ3v) is 5.94. The van der Waals surface area contributed by atoms with Crippen LogP contribution < -0.4 is 0 Å². The van der Waals surface area contributed by atoms with Gasteiger partial charge in [-0.05, 0) is 17.7 Å². The molecule has 4 rings (SSSR count). The summed E-state index contributed by atoms with van der Waals surface area (Å²) < 4.78 is 9.49. The first-order valence-electron chi connectivity index (χ1n) is 10.6. The topological polar surface area (TPSA) is 110 Å². The van der Waals surface area contributed by atoms with E-state index in [-0.39, 0.29) is 11.1 Å². The molecule has 2 aliphatic heterocycles. The van der Waals surface area contributed by atoms with E-state index in [4.69, 9.17) is 4.74 Å². The number of nitrogens with zero attached hydrogens (tertiary/aromatic N) is 2. The summed E-state index contributed by atoms with van der Waals surface area (Å²) in [5, 5.41) is 0. The molecule has 2 aliphatic rings. The van der Waals surface area contributed by atoms with Crippen molar-refractivity contribution < 1.29 is 33.4 Å². The number of likely N-dealkylation sites (tertiary alicyclic amines) is 1. The maximum Gasteiger partial charge on any atom is 0.329 e. The van der Waals surface area contributed by atoms with Gasteiger partial charge in [0.25, 0.3) is 11.8 Å². The Morgan fingerprint density at radius 3 is 2.06 bits per heavy atom. The first kappa shape index (κ1) is 22.9. The summed E-state index contributed by atoms with van der Waals surface area (Å²) in [6, 6.07) is 12.2. The summed E-state index contributed by atoms with van der Waals surface area (Å²) in [5.41, 5.74) is 1.23. The highest BCUT2D eigenvalue weighted by molar-refractivity contribution is 6.23. The van der Waals surface area contributed by atoms with Crippen molar-refractivity contribution in [1.29, 1.82) is 0 Å². The van der Waals surface area contributed by atoms with Gasteiger partial charge >= 0.3 is 11.9 Å². The molecule has 34 heavy (non-hydrogen) atoms. The molecular weight excluding hydrogens is 440 g/mol. The van der Waals surface area contributed by atoms with E-state index < -0.39 is 54.2 Å². The number of hydrogen-bond acceptors (Lipinski definition) is 7. The molecule has 0 spiro atoms. The lowest BCUT2D eigenvalue weighted by Crippen LogP contribution is -2.74. The van der Waals surface area contributed by atoms with Crippen LogP contribution in [0.5, 0.6) is 0 Å². The van der Waals surface area contributed by atoms with Gasteiger partial charge in [0, 0.05) is 0 Å². The van der Waals surface area contributed by atoms with Crippen molar-refractivity contribution in [2.75, 3.05) is 14.2 Å². The van der Waals surface area contributed by atoms with Crippen molar-refractivity contribution in [2.24, 2.45) is 0 Å². The number of amides is 3. The minimum atomic E-state index is -1.28. The molecule has 0 aromatic heterocycles. The summed E-state index contributed by atoms with van der Waals surface area (Å²) in [7, 11) is 2.32. The van der Waals surface area contributed by atoms with E-state index in [1.54, 1.807) is 24.3 Å². The Hall–Kier alpha value is -4.27. The Labute approximate surface area is 195 Å². The molecule has 3 amide bonds. The van der Waals surface area contributed by atoms with Gasteiger partial charge in [0.1, 0.15) is 12.1 Å². The highest BCUT2D eigenvalue weighted by atomic mass is 16.5. The van der Waals surface area contributed by atoms with Crippen LogP contribution >= 0.6 is 0 Å². The minimum absolute atomic E-state index is 0.212. The Balaban J connectivity index is 1.72. The monoisotopic (exact) mass is 462 g/mol. The Morgan fingerprint density at radius 2 is 1.50 bits per heavy atom. The summed E-state index contributed by atoms with van der Waals surface area (Å²) in [4.78, 5) is 66.0. The van der Waals surface area contributed by atoms with Crippen LogP contribution in [-0.2, 0) is 23.9 Å². The highest BCUT2D eigenvalue weighted by Crippen LogP contribution is 2.36. The number of methoxy groups -OCH3 is 2. The lowest BCUT2D eigenvalue weighted by atomic mass is 9.89. The van der Waals surface area contributed by atoms with Crippen LogP contribution in [0.2, 0.25) is 0 Å². The summed E-state index contributed by atoms with van der Waals surface area (Å²) in [6.07, 6.45) is 2.93. The van der Waals surface area contributed by atoms with E-state index in [2.05, 4.69) is 4.74 Å². The number of hydrogen-bond donors (Lipinski definition) is 0. The zero-order valence-electron chi connectivity index (χ0n) is 18.5. The Bertz CT molecular complexity index is 1160. The zero-order valence-corrected chi connectivity index (χ0v) is 18.5. The fraction of sp³-hybridized carbons (Fsp3) is 0.240. The van der Waals surface area contributed by atoms with Gasteiger partial charge in [0.05, 0.1) is 37.8 Å². The van der Waals surface area contributed by atoms with Gasteiger partial charge < -0.3 is 14.4 Å². The van der Waals surface area contributed by atoms with Crippen molar-refractivity contribution in [3.8, 4) is 0 Å². The van der Waals surface area contributed by atoms with Gasteiger partial charge in [0.15, 0.2) is 0 Å². The average Bonchev–Trinajstić information content (AvgIpc) is 3.11. The second-order valence-electron chi connectivity index (χ2n) is 7.80. The number of imide groups is 1. The number of ether oxygens (including phenoxy) is 2. The van der Waals surface area contributed by atoms with Crippen LogP contribution in [0, 0.1) is 0 Å². The molecule has 0 unspecified atom stereocenters. The molecule has 2 aromatic carbocycles. The average molecular weight is 462 g/mol. The van der Waals surface area contributed by atoms with E-state index in [1.807, 2.05) is 30.3 Å². The van der Waals surface area contributed by atoms with E-state index in [0.29, 0.717) is 0 Å². The smallest absolute Gasteiger partial charge is 0.329 e. The zero-order chi connectivity index (χ0) is 24.4. The molecule has 3 atom stereocenters. The number of β-lactam (4-membered cyclic amide) rings is 1. The van der Waals surface area contributed by atoms with Crippen molar-refractivity contribution in [3.63, 3.8) is 0 Å². The van der Waals surface area contributed by atoms with Crippen LogP contribution in [0.25, 0.3) is 6.08 Å². The number of fused-ring (bicyclic) bond motifs is 1. The van der Waals surface area contributed by atoms with Crippen molar-refractivity contribution in [3.05, 3.63) is 77.4 Å². The standard InChI is InChI=1S/C25H22N2O7/c1-33-20(28)14-19(25(32)34-2)26-18(13-12-15-8-4-3-5-9-15)21(24(26)31)27-22(29)16-10-6-7-11-17(16)23(27)30/h3-13,18-19,21H,14H2,1-2H3/t18-,19-,21+/m0/s1. The van der Waals surface area contributed by atoms with Crippen LogP contribution in [0.1, 0.15) is 32.7 Å². The molecule has 2 heterocycles. The maximum atomic E-state index is 13.3.